The molecule has 3 nitrogen and oxygen atoms in total. The van der Waals surface area contributed by atoms with E-state index in [4.69, 9.17) is 5.11 Å². The topological polar surface area (TPSA) is 49.3 Å². The summed E-state index contributed by atoms with van der Waals surface area (Å²) in [7, 11) is 0. The van der Waals surface area contributed by atoms with Crippen molar-refractivity contribution in [3.63, 3.8) is 0 Å². The predicted octanol–water partition coefficient (Wildman–Crippen LogP) is 0.349. The number of amides is 1. The van der Waals surface area contributed by atoms with Crippen LogP contribution in [-0.4, -0.2) is 35.2 Å². The summed E-state index contributed by atoms with van der Waals surface area (Å²) in [5.41, 5.74) is -0.554. The molecule has 1 atom stereocenters. The molecule has 0 bridgehead atoms. The second-order valence-corrected chi connectivity index (χ2v) is 4.07. The third-order valence-corrected chi connectivity index (χ3v) is 3.20. The standard InChI is InChI=1S/C8H17NO2S2/c1-6(10)3-9-7(11)8(2,4-12)5-13/h6,10,12-13H,3-5H2,1-2H3,(H,9,11). The number of thiol groups is 2. The Morgan fingerprint density at radius 3 is 2.31 bits per heavy atom. The van der Waals surface area contributed by atoms with Crippen LogP contribution in [0.5, 0.6) is 0 Å². The lowest BCUT2D eigenvalue weighted by Crippen LogP contribution is -2.44. The molecule has 0 aliphatic rings. The van der Waals surface area contributed by atoms with Gasteiger partial charge in [-0.3, -0.25) is 4.79 Å². The van der Waals surface area contributed by atoms with E-state index >= 15 is 0 Å². The van der Waals surface area contributed by atoms with Crippen molar-refractivity contribution >= 4 is 31.2 Å². The van der Waals surface area contributed by atoms with E-state index in [1.807, 2.05) is 0 Å². The van der Waals surface area contributed by atoms with Gasteiger partial charge in [0.1, 0.15) is 0 Å². The van der Waals surface area contributed by atoms with E-state index in [1.54, 1.807) is 13.8 Å². The van der Waals surface area contributed by atoms with Crippen LogP contribution in [0.25, 0.3) is 0 Å². The van der Waals surface area contributed by atoms with Gasteiger partial charge in [0.05, 0.1) is 11.5 Å². The average Bonchev–Trinajstić information content (AvgIpc) is 2.12. The Hall–Kier alpha value is 0.130. The smallest absolute Gasteiger partial charge is 0.227 e. The summed E-state index contributed by atoms with van der Waals surface area (Å²) < 4.78 is 0. The minimum atomic E-state index is -0.554. The maximum absolute atomic E-state index is 11.5. The second-order valence-electron chi connectivity index (χ2n) is 3.44. The van der Waals surface area contributed by atoms with Crippen LogP contribution in [0, 0.1) is 5.41 Å². The Morgan fingerprint density at radius 2 is 2.00 bits per heavy atom. The summed E-state index contributed by atoms with van der Waals surface area (Å²) in [6.07, 6.45) is -0.520. The van der Waals surface area contributed by atoms with E-state index in [2.05, 4.69) is 30.6 Å². The highest BCUT2D eigenvalue weighted by molar-refractivity contribution is 7.81. The molecule has 0 aromatic rings. The third kappa shape index (κ3) is 4.24. The normalized spacial score (nSPS) is 13.9. The second kappa shape index (κ2) is 5.78. The van der Waals surface area contributed by atoms with Crippen LogP contribution in [0.1, 0.15) is 13.8 Å². The van der Waals surface area contributed by atoms with Crippen molar-refractivity contribution < 1.29 is 9.90 Å². The van der Waals surface area contributed by atoms with Crippen molar-refractivity contribution in [2.75, 3.05) is 18.1 Å². The fraction of sp³-hybridized carbons (Fsp3) is 0.875. The van der Waals surface area contributed by atoms with Gasteiger partial charge in [-0.1, -0.05) is 0 Å². The fourth-order valence-electron chi connectivity index (χ4n) is 0.647. The zero-order valence-electron chi connectivity index (χ0n) is 7.95. The molecule has 0 saturated heterocycles. The van der Waals surface area contributed by atoms with E-state index in [1.165, 1.54) is 0 Å². The largest absolute Gasteiger partial charge is 0.392 e. The van der Waals surface area contributed by atoms with Crippen LogP contribution in [0.15, 0.2) is 0 Å². The highest BCUT2D eigenvalue weighted by Gasteiger charge is 2.29. The van der Waals surface area contributed by atoms with Crippen molar-refractivity contribution in [2.24, 2.45) is 5.41 Å². The molecule has 0 radical (unpaired) electrons. The van der Waals surface area contributed by atoms with Gasteiger partial charge in [-0.25, -0.2) is 0 Å². The first kappa shape index (κ1) is 13.1. The minimum absolute atomic E-state index is 0.113. The van der Waals surface area contributed by atoms with Crippen molar-refractivity contribution in [2.45, 2.75) is 20.0 Å². The number of hydrogen-bond acceptors (Lipinski definition) is 4. The van der Waals surface area contributed by atoms with Crippen molar-refractivity contribution in [3.8, 4) is 0 Å². The van der Waals surface area contributed by atoms with Crippen molar-refractivity contribution in [3.05, 3.63) is 0 Å². The van der Waals surface area contributed by atoms with Gasteiger partial charge in [-0.2, -0.15) is 25.3 Å². The van der Waals surface area contributed by atoms with Crippen LogP contribution < -0.4 is 5.32 Å². The zero-order valence-corrected chi connectivity index (χ0v) is 9.74. The third-order valence-electron chi connectivity index (χ3n) is 1.80. The summed E-state index contributed by atoms with van der Waals surface area (Å²) in [6.45, 7) is 3.69. The number of carbonyl (C=O) groups excluding carboxylic acids is 1. The van der Waals surface area contributed by atoms with Gasteiger partial charge in [-0.05, 0) is 13.8 Å². The average molecular weight is 223 g/mol. The van der Waals surface area contributed by atoms with Gasteiger partial charge in [0.2, 0.25) is 5.91 Å². The summed E-state index contributed by atoms with van der Waals surface area (Å²) >= 11 is 8.19. The highest BCUT2D eigenvalue weighted by atomic mass is 32.1. The Kier molecular flexibility index (Phi) is 5.83. The van der Waals surface area contributed by atoms with Crippen molar-refractivity contribution in [1.82, 2.24) is 5.32 Å². The van der Waals surface area contributed by atoms with Gasteiger partial charge in [0.25, 0.3) is 0 Å². The first-order valence-electron chi connectivity index (χ1n) is 4.14. The first-order chi connectivity index (χ1) is 5.96. The minimum Gasteiger partial charge on any atom is -0.392 e. The Bertz CT molecular complexity index is 170. The maximum Gasteiger partial charge on any atom is 0.227 e. The molecule has 0 spiro atoms. The van der Waals surface area contributed by atoms with Gasteiger partial charge in [0.15, 0.2) is 0 Å². The number of carbonyl (C=O) groups is 1. The van der Waals surface area contributed by atoms with Crippen molar-refractivity contribution in [1.29, 1.82) is 0 Å². The SMILES string of the molecule is CC(O)CNC(=O)C(C)(CS)CS. The number of aliphatic hydroxyl groups is 1. The van der Waals surface area contributed by atoms with E-state index in [-0.39, 0.29) is 12.5 Å². The van der Waals surface area contributed by atoms with Crippen LogP contribution in [0.4, 0.5) is 0 Å². The fourth-order valence-corrected chi connectivity index (χ4v) is 1.33. The molecule has 5 heteroatoms. The Balaban J connectivity index is 4.07. The molecule has 1 amide bonds. The number of nitrogens with one attached hydrogen (secondary N) is 1. The van der Waals surface area contributed by atoms with Gasteiger partial charge < -0.3 is 10.4 Å². The zero-order chi connectivity index (χ0) is 10.5. The van der Waals surface area contributed by atoms with Crippen LogP contribution in [-0.2, 0) is 4.79 Å². The molecular formula is C8H17NO2S2. The van der Waals surface area contributed by atoms with Crippen LogP contribution >= 0.6 is 25.3 Å². The van der Waals surface area contributed by atoms with E-state index < -0.39 is 11.5 Å². The summed E-state index contributed by atoms with van der Waals surface area (Å²) in [5.74, 6) is 0.781. The lowest BCUT2D eigenvalue weighted by molar-refractivity contribution is -0.128. The molecule has 0 aliphatic carbocycles. The van der Waals surface area contributed by atoms with E-state index in [9.17, 15) is 4.79 Å². The molecule has 0 aromatic heterocycles. The number of rotatable bonds is 5. The predicted molar refractivity (Wildman–Crippen MR) is 60.5 cm³/mol. The van der Waals surface area contributed by atoms with Gasteiger partial charge >= 0.3 is 0 Å². The van der Waals surface area contributed by atoms with Gasteiger partial charge in [-0.15, -0.1) is 0 Å². The van der Waals surface area contributed by atoms with E-state index in [0.29, 0.717) is 11.5 Å². The summed E-state index contributed by atoms with van der Waals surface area (Å²) in [6, 6.07) is 0. The summed E-state index contributed by atoms with van der Waals surface area (Å²) in [4.78, 5) is 11.5. The first-order valence-corrected chi connectivity index (χ1v) is 5.41. The van der Waals surface area contributed by atoms with Gasteiger partial charge in [0, 0.05) is 18.1 Å². The lowest BCUT2D eigenvalue weighted by atomic mass is 9.95. The maximum atomic E-state index is 11.5. The lowest BCUT2D eigenvalue weighted by Gasteiger charge is -2.24. The molecule has 0 fully saturated rings. The number of aliphatic hydroxyl groups excluding tert-OH is 1. The van der Waals surface area contributed by atoms with Crippen LogP contribution in [0.2, 0.25) is 0 Å². The van der Waals surface area contributed by atoms with E-state index in [0.717, 1.165) is 0 Å². The number of hydrogen-bond donors (Lipinski definition) is 4. The molecule has 0 heterocycles. The Morgan fingerprint density at radius 1 is 1.54 bits per heavy atom. The molecule has 2 N–H and O–H groups in total. The molecule has 0 rings (SSSR count). The molecule has 78 valence electrons. The monoisotopic (exact) mass is 223 g/mol. The highest BCUT2D eigenvalue weighted by Crippen LogP contribution is 2.19. The molecule has 13 heavy (non-hydrogen) atoms. The molecular weight excluding hydrogens is 206 g/mol. The summed E-state index contributed by atoms with van der Waals surface area (Å²) in [5, 5.41) is 11.6. The molecule has 0 aliphatic heterocycles. The molecule has 0 aromatic carbocycles. The molecule has 0 saturated carbocycles. The van der Waals surface area contributed by atoms with Crippen LogP contribution in [0.3, 0.4) is 0 Å². The Labute approximate surface area is 90.1 Å². The molecule has 1 unspecified atom stereocenters. The quantitative estimate of drug-likeness (QED) is 0.508.